The molecule has 0 aliphatic heterocycles. The third-order valence-corrected chi connectivity index (χ3v) is 3.86. The lowest BCUT2D eigenvalue weighted by molar-refractivity contribution is -0.120. The first-order valence-corrected chi connectivity index (χ1v) is 7.37. The van der Waals surface area contributed by atoms with Crippen LogP contribution in [0.15, 0.2) is 12.4 Å². The first-order chi connectivity index (χ1) is 9.24. The van der Waals surface area contributed by atoms with Gasteiger partial charge < -0.3 is 15.2 Å². The largest absolute Gasteiger partial charge is 0.359 e. The number of carbonyl (C=O) groups excluding carboxylic acids is 1. The van der Waals surface area contributed by atoms with Gasteiger partial charge in [-0.15, -0.1) is 0 Å². The van der Waals surface area contributed by atoms with Crippen molar-refractivity contribution in [1.82, 2.24) is 15.2 Å². The van der Waals surface area contributed by atoms with E-state index in [2.05, 4.69) is 34.5 Å². The lowest BCUT2D eigenvalue weighted by atomic mass is 9.91. The van der Waals surface area contributed by atoms with Gasteiger partial charge in [0.2, 0.25) is 5.91 Å². The Morgan fingerprint density at radius 3 is 3.05 bits per heavy atom. The van der Waals surface area contributed by atoms with E-state index in [0.717, 1.165) is 19.5 Å². The summed E-state index contributed by atoms with van der Waals surface area (Å²) in [6, 6.07) is 0.522. The molecule has 4 heteroatoms. The van der Waals surface area contributed by atoms with Crippen LogP contribution in [0.2, 0.25) is 0 Å². The topological polar surface area (TPSA) is 46.1 Å². The summed E-state index contributed by atoms with van der Waals surface area (Å²) in [7, 11) is 1.69. The van der Waals surface area contributed by atoms with E-state index in [1.807, 2.05) is 0 Å². The maximum atomic E-state index is 11.2. The van der Waals surface area contributed by atoms with Crippen LogP contribution in [0.3, 0.4) is 0 Å². The second kappa shape index (κ2) is 6.75. The summed E-state index contributed by atoms with van der Waals surface area (Å²) < 4.78 is 2.25. The molecular weight excluding hydrogens is 238 g/mol. The second-order valence-corrected chi connectivity index (χ2v) is 5.26. The molecule has 1 aromatic rings. The van der Waals surface area contributed by atoms with Gasteiger partial charge in [0.15, 0.2) is 0 Å². The summed E-state index contributed by atoms with van der Waals surface area (Å²) in [6.07, 6.45) is 9.75. The van der Waals surface area contributed by atoms with Crippen molar-refractivity contribution < 1.29 is 4.79 Å². The molecule has 106 valence electrons. The van der Waals surface area contributed by atoms with Crippen LogP contribution >= 0.6 is 0 Å². The van der Waals surface area contributed by atoms with Crippen LogP contribution in [-0.2, 0) is 17.8 Å². The Hall–Kier alpha value is -1.29. The highest BCUT2D eigenvalue weighted by atomic mass is 16.1. The van der Waals surface area contributed by atoms with Crippen molar-refractivity contribution in [2.75, 3.05) is 13.6 Å². The van der Waals surface area contributed by atoms with Gasteiger partial charge in [-0.3, -0.25) is 4.79 Å². The normalized spacial score (nSPS) is 18.1. The van der Waals surface area contributed by atoms with Gasteiger partial charge >= 0.3 is 0 Å². The highest BCUT2D eigenvalue weighted by Gasteiger charge is 2.20. The number of hydrogen-bond donors (Lipinski definition) is 2. The number of rotatable bonds is 6. The van der Waals surface area contributed by atoms with Gasteiger partial charge in [-0.05, 0) is 43.4 Å². The van der Waals surface area contributed by atoms with Crippen LogP contribution in [0.25, 0.3) is 0 Å². The van der Waals surface area contributed by atoms with E-state index < -0.39 is 0 Å². The molecule has 1 unspecified atom stereocenters. The number of hydrogen-bond acceptors (Lipinski definition) is 2. The smallest absolute Gasteiger partial charge is 0.219 e. The number of aromatic nitrogens is 1. The number of nitrogens with zero attached hydrogens (tertiary/aromatic N) is 1. The number of nitrogens with one attached hydrogen (secondary N) is 2. The Kier molecular flexibility index (Phi) is 5.02. The Balaban J connectivity index is 1.95. The van der Waals surface area contributed by atoms with Crippen LogP contribution < -0.4 is 10.6 Å². The number of aryl methyl sites for hydroxylation is 2. The lowest BCUT2D eigenvalue weighted by Crippen LogP contribution is -2.23. The Bertz CT molecular complexity index is 425. The van der Waals surface area contributed by atoms with Crippen LogP contribution in [0.5, 0.6) is 0 Å². The van der Waals surface area contributed by atoms with Gasteiger partial charge in [-0.2, -0.15) is 0 Å². The molecule has 0 aromatic carbocycles. The van der Waals surface area contributed by atoms with Crippen molar-refractivity contribution in [2.24, 2.45) is 0 Å². The quantitative estimate of drug-likeness (QED) is 0.824. The molecule has 0 radical (unpaired) electrons. The molecule has 1 aliphatic rings. The summed E-state index contributed by atoms with van der Waals surface area (Å²) in [5.74, 6) is 0.127. The first kappa shape index (κ1) is 14.1. The number of carbonyl (C=O) groups is 1. The van der Waals surface area contributed by atoms with Crippen molar-refractivity contribution in [3.63, 3.8) is 0 Å². The molecule has 2 N–H and O–H groups in total. The minimum atomic E-state index is 0.127. The predicted octanol–water partition coefficient (Wildman–Crippen LogP) is 2.00. The van der Waals surface area contributed by atoms with Gasteiger partial charge in [0.05, 0.1) is 0 Å². The van der Waals surface area contributed by atoms with Crippen LogP contribution in [-0.4, -0.2) is 24.1 Å². The van der Waals surface area contributed by atoms with E-state index in [-0.39, 0.29) is 5.91 Å². The minimum Gasteiger partial charge on any atom is -0.359 e. The first-order valence-electron chi connectivity index (χ1n) is 7.37. The number of amides is 1. The third kappa shape index (κ3) is 3.60. The summed E-state index contributed by atoms with van der Waals surface area (Å²) in [5.41, 5.74) is 2.95. The van der Waals surface area contributed by atoms with Gasteiger partial charge in [0.1, 0.15) is 0 Å². The van der Waals surface area contributed by atoms with Gasteiger partial charge in [-0.1, -0.05) is 6.92 Å². The lowest BCUT2D eigenvalue weighted by Gasteiger charge is -2.22. The van der Waals surface area contributed by atoms with E-state index >= 15 is 0 Å². The molecule has 0 saturated carbocycles. The van der Waals surface area contributed by atoms with E-state index in [9.17, 15) is 4.79 Å². The zero-order chi connectivity index (χ0) is 13.7. The molecule has 0 fully saturated rings. The average molecular weight is 263 g/mol. The molecular formula is C15H25N3O. The van der Waals surface area contributed by atoms with Gasteiger partial charge in [-0.25, -0.2) is 0 Å². The van der Waals surface area contributed by atoms with Crippen molar-refractivity contribution in [1.29, 1.82) is 0 Å². The second-order valence-electron chi connectivity index (χ2n) is 5.26. The summed E-state index contributed by atoms with van der Waals surface area (Å²) in [4.78, 5) is 11.2. The summed E-state index contributed by atoms with van der Waals surface area (Å²) in [6.45, 7) is 4.11. The van der Waals surface area contributed by atoms with Crippen molar-refractivity contribution >= 4 is 5.91 Å². The van der Waals surface area contributed by atoms with E-state index in [4.69, 9.17) is 0 Å². The molecule has 0 bridgehead atoms. The molecule has 1 aromatic heterocycles. The monoisotopic (exact) mass is 263 g/mol. The molecule has 19 heavy (non-hydrogen) atoms. The Morgan fingerprint density at radius 2 is 2.32 bits per heavy atom. The fourth-order valence-corrected chi connectivity index (χ4v) is 2.88. The van der Waals surface area contributed by atoms with E-state index in [1.165, 1.54) is 30.4 Å². The maximum absolute atomic E-state index is 11.2. The Morgan fingerprint density at radius 1 is 1.47 bits per heavy atom. The molecule has 1 aliphatic carbocycles. The van der Waals surface area contributed by atoms with Gasteiger partial charge in [0.25, 0.3) is 0 Å². The Labute approximate surface area is 115 Å². The van der Waals surface area contributed by atoms with Crippen LogP contribution in [0, 0.1) is 0 Å². The molecule has 4 nitrogen and oxygen atoms in total. The zero-order valence-corrected chi connectivity index (χ0v) is 12.0. The highest BCUT2D eigenvalue weighted by molar-refractivity contribution is 5.75. The minimum absolute atomic E-state index is 0.127. The third-order valence-electron chi connectivity index (χ3n) is 3.86. The average Bonchev–Trinajstić information content (AvgIpc) is 2.82. The zero-order valence-electron chi connectivity index (χ0n) is 12.0. The number of fused-ring (bicyclic) bond motifs is 1. The molecule has 1 atom stereocenters. The maximum Gasteiger partial charge on any atom is 0.219 e. The van der Waals surface area contributed by atoms with Gasteiger partial charge in [0, 0.05) is 38.4 Å². The fraction of sp³-hybridized carbons (Fsp3) is 0.667. The van der Waals surface area contributed by atoms with Crippen LogP contribution in [0.1, 0.15) is 49.8 Å². The van der Waals surface area contributed by atoms with Crippen LogP contribution in [0.4, 0.5) is 0 Å². The summed E-state index contributed by atoms with van der Waals surface area (Å²) >= 11 is 0. The molecule has 2 rings (SSSR count). The van der Waals surface area contributed by atoms with Crippen molar-refractivity contribution in [2.45, 2.75) is 51.6 Å². The summed E-state index contributed by atoms with van der Waals surface area (Å²) in [5, 5.41) is 6.23. The SMILES string of the molecule is CCNC1CCCc2cn(CCCC(=O)NC)cc21. The molecule has 0 spiro atoms. The molecule has 0 saturated heterocycles. The predicted molar refractivity (Wildman–Crippen MR) is 77.1 cm³/mol. The fourth-order valence-electron chi connectivity index (χ4n) is 2.88. The molecule has 1 amide bonds. The standard InChI is InChI=1S/C15H25N3O/c1-3-17-14-7-4-6-12-10-18(11-13(12)14)9-5-8-15(19)16-2/h10-11,14,17H,3-9H2,1-2H3,(H,16,19). The highest BCUT2D eigenvalue weighted by Crippen LogP contribution is 2.30. The van der Waals surface area contributed by atoms with E-state index in [1.54, 1.807) is 7.05 Å². The van der Waals surface area contributed by atoms with Crippen molar-refractivity contribution in [3.8, 4) is 0 Å². The van der Waals surface area contributed by atoms with Crippen molar-refractivity contribution in [3.05, 3.63) is 23.5 Å². The molecule has 1 heterocycles. The van der Waals surface area contributed by atoms with E-state index in [0.29, 0.717) is 12.5 Å².